The van der Waals surface area contributed by atoms with Crippen LogP contribution in [0.5, 0.6) is 0 Å². The van der Waals surface area contributed by atoms with E-state index in [1.54, 1.807) is 6.42 Å². The Morgan fingerprint density at radius 1 is 0.950 bits per heavy atom. The van der Waals surface area contributed by atoms with Gasteiger partial charge in [0.1, 0.15) is 0 Å². The van der Waals surface area contributed by atoms with Crippen LogP contribution in [0.1, 0.15) is 51.4 Å². The third-order valence-electron chi connectivity index (χ3n) is 6.83. The van der Waals surface area contributed by atoms with Gasteiger partial charge in [-0.3, -0.25) is 0 Å². The smallest absolute Gasteiger partial charge is 0.0669 e. The van der Waals surface area contributed by atoms with Crippen molar-refractivity contribution in [3.63, 3.8) is 0 Å². The fourth-order valence-corrected chi connectivity index (χ4v) is 6.13. The Hall–Kier alpha value is -0.550. The van der Waals surface area contributed by atoms with Crippen molar-refractivity contribution >= 4 is 0 Å². The van der Waals surface area contributed by atoms with E-state index in [1.807, 2.05) is 0 Å². The first-order chi connectivity index (χ1) is 9.81. The Morgan fingerprint density at radius 3 is 2.30 bits per heavy atom. The summed E-state index contributed by atoms with van der Waals surface area (Å²) in [5, 5.41) is 9.26. The Labute approximate surface area is 123 Å². The molecule has 0 aromatic heterocycles. The second kappa shape index (κ2) is 5.34. The van der Waals surface area contributed by atoms with E-state index in [-0.39, 0.29) is 0 Å². The third kappa shape index (κ3) is 2.39. The zero-order chi connectivity index (χ0) is 13.5. The molecule has 20 heavy (non-hydrogen) atoms. The molecule has 1 aliphatic heterocycles. The highest BCUT2D eigenvalue weighted by molar-refractivity contribution is 4.99. The molecular formula is C18H28N2. The molecule has 1 heterocycles. The molecule has 110 valence electrons. The van der Waals surface area contributed by atoms with Gasteiger partial charge in [0.15, 0.2) is 0 Å². The van der Waals surface area contributed by atoms with E-state index in [9.17, 15) is 5.26 Å². The van der Waals surface area contributed by atoms with E-state index in [4.69, 9.17) is 0 Å². The number of likely N-dealkylation sites (tertiary alicyclic amines) is 1. The normalized spacial score (nSPS) is 48.0. The summed E-state index contributed by atoms with van der Waals surface area (Å²) in [6, 6.07) is 2.53. The van der Waals surface area contributed by atoms with Crippen LogP contribution in [0.3, 0.4) is 0 Å². The van der Waals surface area contributed by atoms with Gasteiger partial charge in [-0.15, -0.1) is 0 Å². The Kier molecular flexibility index (Phi) is 3.50. The van der Waals surface area contributed by atoms with E-state index in [0.29, 0.717) is 5.92 Å². The molecule has 0 amide bonds. The molecule has 4 saturated carbocycles. The summed E-state index contributed by atoms with van der Waals surface area (Å²) in [6.07, 6.45) is 11.4. The Balaban J connectivity index is 1.42. The number of nitriles is 1. The molecule has 0 aromatic rings. The number of rotatable bonds is 2. The van der Waals surface area contributed by atoms with E-state index in [0.717, 1.165) is 42.6 Å². The molecule has 0 spiro atoms. The van der Waals surface area contributed by atoms with Crippen molar-refractivity contribution in [1.29, 1.82) is 5.26 Å². The average Bonchev–Trinajstić information content (AvgIpc) is 2.67. The van der Waals surface area contributed by atoms with Crippen molar-refractivity contribution in [1.82, 2.24) is 4.90 Å². The molecule has 1 atom stereocenters. The van der Waals surface area contributed by atoms with Gasteiger partial charge in [0.2, 0.25) is 0 Å². The third-order valence-corrected chi connectivity index (χ3v) is 6.83. The first-order valence-corrected chi connectivity index (χ1v) is 8.93. The summed E-state index contributed by atoms with van der Waals surface area (Å²) in [5.41, 5.74) is 0. The summed E-state index contributed by atoms with van der Waals surface area (Å²) < 4.78 is 0. The maximum Gasteiger partial charge on any atom is 0.0669 e. The highest BCUT2D eigenvalue weighted by Crippen LogP contribution is 2.56. The lowest BCUT2D eigenvalue weighted by molar-refractivity contribution is -0.0492. The summed E-state index contributed by atoms with van der Waals surface area (Å²) in [6.45, 7) is 3.62. The van der Waals surface area contributed by atoms with Crippen LogP contribution in [-0.2, 0) is 0 Å². The van der Waals surface area contributed by atoms with Crippen molar-refractivity contribution in [2.75, 3.05) is 19.6 Å². The maximum atomic E-state index is 9.26. The van der Waals surface area contributed by atoms with Crippen molar-refractivity contribution in [3.8, 4) is 6.07 Å². The lowest BCUT2D eigenvalue weighted by atomic mass is 9.52. The summed E-state index contributed by atoms with van der Waals surface area (Å²) >= 11 is 0. The van der Waals surface area contributed by atoms with Crippen molar-refractivity contribution in [2.24, 2.45) is 35.5 Å². The van der Waals surface area contributed by atoms with E-state index < -0.39 is 0 Å². The largest absolute Gasteiger partial charge is 0.302 e. The lowest BCUT2D eigenvalue weighted by Crippen LogP contribution is -2.49. The minimum Gasteiger partial charge on any atom is -0.302 e. The number of nitrogens with zero attached hydrogens (tertiary/aromatic N) is 2. The van der Waals surface area contributed by atoms with Crippen LogP contribution < -0.4 is 0 Å². The van der Waals surface area contributed by atoms with E-state index in [2.05, 4.69) is 11.0 Å². The van der Waals surface area contributed by atoms with Gasteiger partial charge in [-0.05, 0) is 81.1 Å². The minimum atomic E-state index is 0.300. The molecule has 2 heteroatoms. The predicted octanol–water partition coefficient (Wildman–Crippen LogP) is 3.68. The number of hydrogen-bond acceptors (Lipinski definition) is 2. The monoisotopic (exact) mass is 272 g/mol. The summed E-state index contributed by atoms with van der Waals surface area (Å²) in [7, 11) is 0. The van der Waals surface area contributed by atoms with Gasteiger partial charge in [-0.2, -0.15) is 5.26 Å². The first kappa shape index (κ1) is 13.1. The Bertz CT molecular complexity index is 369. The molecule has 1 saturated heterocycles. The number of hydrogen-bond donors (Lipinski definition) is 0. The fraction of sp³-hybridized carbons (Fsp3) is 0.944. The molecular weight excluding hydrogens is 244 g/mol. The highest BCUT2D eigenvalue weighted by Gasteiger charge is 2.48. The SMILES string of the molecule is N#CC1CCCCN(CC2C3CC4CC(C3)CC2C4)C1. The van der Waals surface area contributed by atoms with Crippen LogP contribution in [0.4, 0.5) is 0 Å². The van der Waals surface area contributed by atoms with E-state index in [1.165, 1.54) is 51.6 Å². The van der Waals surface area contributed by atoms with Gasteiger partial charge in [-0.25, -0.2) is 0 Å². The molecule has 2 nitrogen and oxygen atoms in total. The molecule has 5 aliphatic rings. The molecule has 5 rings (SSSR count). The molecule has 0 aromatic carbocycles. The standard InChI is InChI=1S/C18H28N2/c19-10-13-3-1-2-4-20(11-13)12-18-16-6-14-5-15(8-16)9-17(18)7-14/h13-18H,1-9,11-12H2. The van der Waals surface area contributed by atoms with Crippen LogP contribution >= 0.6 is 0 Å². The summed E-state index contributed by atoms with van der Waals surface area (Å²) in [4.78, 5) is 2.66. The zero-order valence-corrected chi connectivity index (χ0v) is 12.6. The second-order valence-corrected chi connectivity index (χ2v) is 8.18. The van der Waals surface area contributed by atoms with Gasteiger partial charge >= 0.3 is 0 Å². The Morgan fingerprint density at radius 2 is 1.65 bits per heavy atom. The van der Waals surface area contributed by atoms with Crippen LogP contribution in [0.2, 0.25) is 0 Å². The molecule has 4 bridgehead atoms. The van der Waals surface area contributed by atoms with E-state index >= 15 is 0 Å². The topological polar surface area (TPSA) is 27.0 Å². The van der Waals surface area contributed by atoms with Gasteiger partial charge in [-0.1, -0.05) is 6.42 Å². The van der Waals surface area contributed by atoms with Crippen LogP contribution in [0, 0.1) is 46.8 Å². The van der Waals surface area contributed by atoms with Crippen LogP contribution in [0.15, 0.2) is 0 Å². The fourth-order valence-electron chi connectivity index (χ4n) is 6.13. The highest BCUT2D eigenvalue weighted by atomic mass is 15.1. The predicted molar refractivity (Wildman–Crippen MR) is 79.9 cm³/mol. The maximum absolute atomic E-state index is 9.26. The van der Waals surface area contributed by atoms with Crippen molar-refractivity contribution in [3.05, 3.63) is 0 Å². The van der Waals surface area contributed by atoms with Crippen LogP contribution in [-0.4, -0.2) is 24.5 Å². The molecule has 5 fully saturated rings. The molecule has 4 aliphatic carbocycles. The van der Waals surface area contributed by atoms with Gasteiger partial charge < -0.3 is 4.90 Å². The molecule has 0 N–H and O–H groups in total. The van der Waals surface area contributed by atoms with Gasteiger partial charge in [0, 0.05) is 13.1 Å². The first-order valence-electron chi connectivity index (χ1n) is 8.93. The lowest BCUT2D eigenvalue weighted by Gasteiger charge is -2.55. The van der Waals surface area contributed by atoms with Gasteiger partial charge in [0.25, 0.3) is 0 Å². The zero-order valence-electron chi connectivity index (χ0n) is 12.6. The van der Waals surface area contributed by atoms with Crippen molar-refractivity contribution < 1.29 is 0 Å². The minimum absolute atomic E-state index is 0.300. The molecule has 0 radical (unpaired) electrons. The van der Waals surface area contributed by atoms with Crippen LogP contribution in [0.25, 0.3) is 0 Å². The summed E-state index contributed by atoms with van der Waals surface area (Å²) in [5.74, 6) is 5.52. The molecule has 1 unspecified atom stereocenters. The average molecular weight is 272 g/mol. The van der Waals surface area contributed by atoms with Crippen molar-refractivity contribution in [2.45, 2.75) is 51.4 Å². The quantitative estimate of drug-likeness (QED) is 0.766. The second-order valence-electron chi connectivity index (χ2n) is 8.18. The van der Waals surface area contributed by atoms with Gasteiger partial charge in [0.05, 0.1) is 12.0 Å².